The lowest BCUT2D eigenvalue weighted by atomic mass is 9.94. The van der Waals surface area contributed by atoms with E-state index < -0.39 is 15.9 Å². The topological polar surface area (TPSA) is 113 Å². The van der Waals surface area contributed by atoms with E-state index in [1.165, 1.54) is 18.2 Å². The first-order valence-corrected chi connectivity index (χ1v) is 12.1. The number of hydrogen-bond donors (Lipinski definition) is 3. The molecule has 2 aromatic heterocycles. The van der Waals surface area contributed by atoms with Gasteiger partial charge >= 0.3 is 0 Å². The van der Waals surface area contributed by atoms with Crippen LogP contribution in [-0.2, 0) is 10.0 Å². The minimum absolute atomic E-state index is 0.0951. The molecule has 11 heteroatoms. The van der Waals surface area contributed by atoms with Crippen molar-refractivity contribution < 1.29 is 13.2 Å². The van der Waals surface area contributed by atoms with Gasteiger partial charge < -0.3 is 10.6 Å². The van der Waals surface area contributed by atoms with Crippen LogP contribution in [0, 0.1) is 5.92 Å². The summed E-state index contributed by atoms with van der Waals surface area (Å²) in [4.78, 5) is 20.2. The second-order valence-electron chi connectivity index (χ2n) is 8.17. The van der Waals surface area contributed by atoms with E-state index in [-0.39, 0.29) is 26.4 Å². The number of sulfonamides is 1. The molecular weight excluding hydrogens is 461 g/mol. The molecule has 0 aromatic carbocycles. The molecule has 1 amide bonds. The van der Waals surface area contributed by atoms with Crippen molar-refractivity contribution in [2.45, 2.75) is 43.7 Å². The lowest BCUT2D eigenvalue weighted by Crippen LogP contribution is -2.31. The molecule has 0 saturated carbocycles. The molecule has 0 bridgehead atoms. The summed E-state index contributed by atoms with van der Waals surface area (Å²) in [5.74, 6) is 0.148. The third kappa shape index (κ3) is 6.52. The largest absolute Gasteiger partial charge is 0.370 e. The van der Waals surface area contributed by atoms with Gasteiger partial charge in [0.05, 0.1) is 5.56 Å². The molecule has 3 heterocycles. The van der Waals surface area contributed by atoms with Crippen LogP contribution in [0.25, 0.3) is 0 Å². The number of rotatable bonds is 8. The first-order valence-electron chi connectivity index (χ1n) is 9.91. The lowest BCUT2D eigenvalue weighted by Gasteiger charge is -2.17. The Bertz CT molecular complexity index is 1060. The number of aromatic nitrogens is 2. The fraction of sp³-hybridized carbons (Fsp3) is 0.450. The number of carbonyl (C=O) groups excluding carboxylic acids is 1. The Balaban J connectivity index is 1.57. The zero-order valence-corrected chi connectivity index (χ0v) is 19.6. The van der Waals surface area contributed by atoms with Crippen molar-refractivity contribution in [2.75, 3.05) is 18.4 Å². The van der Waals surface area contributed by atoms with Crippen LogP contribution in [0.4, 0.5) is 5.82 Å². The SMILES string of the molecule is CC1(C)CC(CCCNc2cccc(S(=O)(=O)NC(=O)c3ccc(Cl)nc3Cl)n2)CN1. The highest BCUT2D eigenvalue weighted by atomic mass is 35.5. The molecule has 1 saturated heterocycles. The fourth-order valence-electron chi connectivity index (χ4n) is 3.57. The molecule has 0 radical (unpaired) electrons. The van der Waals surface area contributed by atoms with Crippen molar-refractivity contribution in [3.63, 3.8) is 0 Å². The second-order valence-corrected chi connectivity index (χ2v) is 10.5. The first kappa shape index (κ1) is 23.7. The molecule has 1 atom stereocenters. The van der Waals surface area contributed by atoms with Crippen LogP contribution >= 0.6 is 23.2 Å². The molecule has 3 rings (SSSR count). The van der Waals surface area contributed by atoms with Gasteiger partial charge in [-0.25, -0.2) is 14.7 Å². The third-order valence-electron chi connectivity index (χ3n) is 5.05. The summed E-state index contributed by atoms with van der Waals surface area (Å²) >= 11 is 11.6. The Hall–Kier alpha value is -1.94. The summed E-state index contributed by atoms with van der Waals surface area (Å²) in [6.45, 7) is 6.10. The molecule has 1 unspecified atom stereocenters. The minimum atomic E-state index is -4.19. The number of halogens is 2. The van der Waals surface area contributed by atoms with E-state index in [1.807, 2.05) is 4.72 Å². The maximum Gasteiger partial charge on any atom is 0.281 e. The standard InChI is InChI=1S/C20H25Cl2N5O3S/c1-20(2)11-13(12-24-20)5-4-10-23-16-6-3-7-17(26-16)31(29,30)27-19(28)14-8-9-15(21)25-18(14)22/h3,6-9,13,24H,4-5,10-12H2,1-2H3,(H,23,26)(H,27,28). The summed E-state index contributed by atoms with van der Waals surface area (Å²) in [5, 5.41) is 6.29. The van der Waals surface area contributed by atoms with E-state index in [0.717, 1.165) is 25.8 Å². The third-order valence-corrected chi connectivity index (χ3v) is 6.78. The number of amides is 1. The highest BCUT2D eigenvalue weighted by Crippen LogP contribution is 2.26. The summed E-state index contributed by atoms with van der Waals surface area (Å²) < 4.78 is 27.1. The number of anilines is 1. The normalized spacial score (nSPS) is 18.0. The van der Waals surface area contributed by atoms with Crippen LogP contribution in [0.3, 0.4) is 0 Å². The van der Waals surface area contributed by atoms with E-state index in [9.17, 15) is 13.2 Å². The van der Waals surface area contributed by atoms with Gasteiger partial charge in [-0.3, -0.25) is 4.79 Å². The molecule has 1 aliphatic rings. The number of carbonyl (C=O) groups is 1. The molecule has 1 fully saturated rings. The van der Waals surface area contributed by atoms with Gasteiger partial charge in [0.1, 0.15) is 16.1 Å². The van der Waals surface area contributed by atoms with Gasteiger partial charge in [0.25, 0.3) is 15.9 Å². The van der Waals surface area contributed by atoms with Crippen LogP contribution in [-0.4, -0.2) is 42.9 Å². The van der Waals surface area contributed by atoms with E-state index in [2.05, 4.69) is 34.4 Å². The quantitative estimate of drug-likeness (QED) is 0.387. The highest BCUT2D eigenvalue weighted by Gasteiger charge is 2.29. The minimum Gasteiger partial charge on any atom is -0.370 e. The number of nitrogens with one attached hydrogen (secondary N) is 3. The zero-order valence-electron chi connectivity index (χ0n) is 17.3. The van der Waals surface area contributed by atoms with Gasteiger partial charge in [-0.05, 0) is 69.8 Å². The maximum atomic E-state index is 12.6. The second kappa shape index (κ2) is 9.68. The van der Waals surface area contributed by atoms with Gasteiger partial charge in [0.15, 0.2) is 5.03 Å². The predicted molar refractivity (Wildman–Crippen MR) is 121 cm³/mol. The van der Waals surface area contributed by atoms with E-state index >= 15 is 0 Å². The lowest BCUT2D eigenvalue weighted by molar-refractivity contribution is 0.0981. The van der Waals surface area contributed by atoms with Crippen molar-refractivity contribution in [3.8, 4) is 0 Å². The summed E-state index contributed by atoms with van der Waals surface area (Å²) in [5.41, 5.74) is 0.0903. The van der Waals surface area contributed by atoms with Gasteiger partial charge in [0.2, 0.25) is 0 Å². The molecule has 31 heavy (non-hydrogen) atoms. The van der Waals surface area contributed by atoms with Crippen LogP contribution in [0.15, 0.2) is 35.4 Å². The van der Waals surface area contributed by atoms with Crippen molar-refractivity contribution >= 4 is 45.0 Å². The highest BCUT2D eigenvalue weighted by molar-refractivity contribution is 7.90. The molecular formula is C20H25Cl2N5O3S. The summed E-state index contributed by atoms with van der Waals surface area (Å²) in [6.07, 6.45) is 3.17. The van der Waals surface area contributed by atoms with Gasteiger partial charge in [-0.15, -0.1) is 0 Å². The molecule has 2 aromatic rings. The number of pyridine rings is 2. The van der Waals surface area contributed by atoms with E-state index in [1.54, 1.807) is 12.1 Å². The Morgan fingerprint density at radius 1 is 1.23 bits per heavy atom. The van der Waals surface area contributed by atoms with E-state index in [4.69, 9.17) is 23.2 Å². The predicted octanol–water partition coefficient (Wildman–Crippen LogP) is 3.48. The van der Waals surface area contributed by atoms with Crippen molar-refractivity contribution in [3.05, 3.63) is 46.2 Å². The zero-order chi connectivity index (χ0) is 22.6. The number of hydrogen-bond acceptors (Lipinski definition) is 7. The first-order chi connectivity index (χ1) is 14.6. The monoisotopic (exact) mass is 485 g/mol. The Morgan fingerprint density at radius 3 is 2.68 bits per heavy atom. The molecule has 0 aliphatic carbocycles. The van der Waals surface area contributed by atoms with Crippen molar-refractivity contribution in [2.24, 2.45) is 5.92 Å². The Morgan fingerprint density at radius 2 is 2.00 bits per heavy atom. The van der Waals surface area contributed by atoms with Gasteiger partial charge in [-0.1, -0.05) is 29.3 Å². The Labute approximate surface area is 192 Å². The van der Waals surface area contributed by atoms with Crippen LogP contribution in [0.5, 0.6) is 0 Å². The smallest absolute Gasteiger partial charge is 0.281 e. The van der Waals surface area contributed by atoms with Crippen molar-refractivity contribution in [1.82, 2.24) is 20.0 Å². The van der Waals surface area contributed by atoms with Gasteiger partial charge in [0, 0.05) is 12.1 Å². The summed E-state index contributed by atoms with van der Waals surface area (Å²) in [6, 6.07) is 7.21. The van der Waals surface area contributed by atoms with Crippen LogP contribution in [0.2, 0.25) is 10.3 Å². The van der Waals surface area contributed by atoms with Crippen LogP contribution in [0.1, 0.15) is 43.5 Å². The summed E-state index contributed by atoms with van der Waals surface area (Å²) in [7, 11) is -4.19. The fourth-order valence-corrected chi connectivity index (χ4v) is 4.94. The van der Waals surface area contributed by atoms with Crippen molar-refractivity contribution in [1.29, 1.82) is 0 Å². The van der Waals surface area contributed by atoms with Gasteiger partial charge in [-0.2, -0.15) is 8.42 Å². The molecule has 3 N–H and O–H groups in total. The molecule has 168 valence electrons. The maximum absolute atomic E-state index is 12.6. The van der Waals surface area contributed by atoms with Crippen LogP contribution < -0.4 is 15.4 Å². The van der Waals surface area contributed by atoms with E-state index in [0.29, 0.717) is 18.3 Å². The molecule has 0 spiro atoms. The average molecular weight is 486 g/mol. The average Bonchev–Trinajstić information content (AvgIpc) is 3.03. The molecule has 8 nitrogen and oxygen atoms in total. The Kier molecular flexibility index (Phi) is 7.41. The molecule has 1 aliphatic heterocycles. The number of nitrogens with zero attached hydrogens (tertiary/aromatic N) is 2.